The van der Waals surface area contributed by atoms with Crippen LogP contribution in [-0.2, 0) is 4.79 Å². The number of thioether (sulfide) groups is 1. The smallest absolute Gasteiger partial charge is 0.270 e. The number of halogens is 2. The predicted octanol–water partition coefficient (Wildman–Crippen LogP) is 6.39. The van der Waals surface area contributed by atoms with Gasteiger partial charge in [0.1, 0.15) is 0 Å². The number of carbonyl (C=O) groups is 2. The maximum Gasteiger partial charge on any atom is 0.270 e. The molecule has 2 amide bonds. The second kappa shape index (κ2) is 13.6. The van der Waals surface area contributed by atoms with E-state index in [1.165, 1.54) is 30.0 Å². The number of hydrogen-bond acceptors (Lipinski definition) is 7. The Balaban J connectivity index is 1.17. The average Bonchev–Trinajstić information content (AvgIpc) is 3.43. The van der Waals surface area contributed by atoms with Gasteiger partial charge in [0.15, 0.2) is 11.0 Å². The fraction of sp³-hybridized carbons (Fsp3) is 0.267. The number of nitrogens with zero attached hydrogens (tertiary/aromatic N) is 6. The van der Waals surface area contributed by atoms with E-state index in [9.17, 15) is 19.7 Å². The molecule has 0 saturated carbocycles. The molecule has 1 saturated heterocycles. The number of non-ortho nitro benzene ring substituents is 1. The third-order valence-corrected chi connectivity index (χ3v) is 8.82. The quantitative estimate of drug-likeness (QED) is 0.0902. The Kier molecular flexibility index (Phi) is 9.64. The van der Waals surface area contributed by atoms with Gasteiger partial charge in [-0.05, 0) is 43.7 Å². The summed E-state index contributed by atoms with van der Waals surface area (Å²) in [5.74, 6) is 1.02. The van der Waals surface area contributed by atoms with E-state index >= 15 is 0 Å². The Bertz CT molecular complexity index is 1650. The number of benzene rings is 3. The van der Waals surface area contributed by atoms with Gasteiger partial charge in [0, 0.05) is 61.2 Å². The van der Waals surface area contributed by atoms with E-state index in [4.69, 9.17) is 23.2 Å². The molecule has 5 rings (SSSR count). The number of hydrogen-bond donors (Lipinski definition) is 0. The molecule has 0 radical (unpaired) electrons. The maximum atomic E-state index is 13.1. The summed E-state index contributed by atoms with van der Waals surface area (Å²) in [5.41, 5.74) is 1.73. The summed E-state index contributed by atoms with van der Waals surface area (Å²) in [7, 11) is 0. The van der Waals surface area contributed by atoms with Gasteiger partial charge in [-0.1, -0.05) is 65.3 Å². The molecule has 1 aromatic heterocycles. The van der Waals surface area contributed by atoms with Crippen LogP contribution >= 0.6 is 35.0 Å². The Morgan fingerprint density at radius 2 is 1.74 bits per heavy atom. The van der Waals surface area contributed by atoms with Gasteiger partial charge in [0.25, 0.3) is 11.6 Å². The number of rotatable bonds is 9. The lowest BCUT2D eigenvalue weighted by atomic mass is 10.1. The van der Waals surface area contributed by atoms with Crippen LogP contribution in [0.25, 0.3) is 17.1 Å². The number of piperazine rings is 1. The van der Waals surface area contributed by atoms with Crippen molar-refractivity contribution < 1.29 is 14.5 Å². The number of nitro benzene ring substituents is 1. The summed E-state index contributed by atoms with van der Waals surface area (Å²) >= 11 is 14.2. The molecule has 0 spiro atoms. The number of nitro groups is 1. The second-order valence-corrected chi connectivity index (χ2v) is 11.9. The third-order valence-electron chi connectivity index (χ3n) is 7.16. The number of amides is 2. The van der Waals surface area contributed by atoms with Crippen LogP contribution in [0, 0.1) is 10.1 Å². The van der Waals surface area contributed by atoms with E-state index in [2.05, 4.69) is 10.2 Å². The standard InChI is InChI=1S/C30H28Cl2N6O4S/c1-20-19-35(15-16-36(20)29(40)24-14-13-22(38(41)42)18-26(24)32)27(39)12-7-17-43-30-34-33-28(23-10-5-6-11-25(23)31)37(30)21-8-3-2-4-9-21/h2-6,8-11,13-14,18,20H,7,12,15-17,19H2,1H3. The summed E-state index contributed by atoms with van der Waals surface area (Å²) in [6, 6.07) is 20.9. The summed E-state index contributed by atoms with van der Waals surface area (Å²) in [6.45, 7) is 3.01. The highest BCUT2D eigenvalue weighted by Gasteiger charge is 2.31. The Hall–Kier alpha value is -3.93. The van der Waals surface area contributed by atoms with Crippen molar-refractivity contribution in [3.8, 4) is 17.1 Å². The van der Waals surface area contributed by atoms with E-state index in [0.717, 1.165) is 11.3 Å². The molecule has 1 fully saturated rings. The topological polar surface area (TPSA) is 114 Å². The Labute approximate surface area is 262 Å². The Morgan fingerprint density at radius 3 is 2.44 bits per heavy atom. The van der Waals surface area contributed by atoms with Gasteiger partial charge >= 0.3 is 0 Å². The minimum absolute atomic E-state index is 0.0224. The molecule has 0 aliphatic carbocycles. The first kappa shape index (κ1) is 30.5. The van der Waals surface area contributed by atoms with E-state index < -0.39 is 4.92 Å². The average molecular weight is 640 g/mol. The summed E-state index contributed by atoms with van der Waals surface area (Å²) in [4.78, 5) is 40.0. The van der Waals surface area contributed by atoms with E-state index in [1.54, 1.807) is 9.80 Å². The molecule has 1 aliphatic heterocycles. The zero-order valence-electron chi connectivity index (χ0n) is 23.2. The highest BCUT2D eigenvalue weighted by Crippen LogP contribution is 2.32. The van der Waals surface area contributed by atoms with Gasteiger partial charge in [0.05, 0.1) is 20.5 Å². The van der Waals surface area contributed by atoms with Crippen LogP contribution in [0.4, 0.5) is 5.69 Å². The third kappa shape index (κ3) is 6.84. The van der Waals surface area contributed by atoms with Crippen molar-refractivity contribution in [3.05, 3.63) is 98.5 Å². The van der Waals surface area contributed by atoms with Gasteiger partial charge in [-0.15, -0.1) is 10.2 Å². The van der Waals surface area contributed by atoms with Gasteiger partial charge < -0.3 is 9.80 Å². The van der Waals surface area contributed by atoms with E-state index in [1.807, 2.05) is 66.1 Å². The van der Waals surface area contributed by atoms with Crippen molar-refractivity contribution in [1.82, 2.24) is 24.6 Å². The van der Waals surface area contributed by atoms with Gasteiger partial charge in [-0.3, -0.25) is 24.3 Å². The van der Waals surface area contributed by atoms with Crippen molar-refractivity contribution in [1.29, 1.82) is 0 Å². The summed E-state index contributed by atoms with van der Waals surface area (Å²) in [5, 5.41) is 21.2. The lowest BCUT2D eigenvalue weighted by molar-refractivity contribution is -0.384. The van der Waals surface area contributed by atoms with Crippen molar-refractivity contribution in [3.63, 3.8) is 0 Å². The lowest BCUT2D eigenvalue weighted by Gasteiger charge is -2.40. The molecule has 1 unspecified atom stereocenters. The highest BCUT2D eigenvalue weighted by atomic mass is 35.5. The molecular formula is C30H28Cl2N6O4S. The van der Waals surface area contributed by atoms with Crippen molar-refractivity contribution in [2.24, 2.45) is 0 Å². The minimum Gasteiger partial charge on any atom is -0.339 e. The van der Waals surface area contributed by atoms with E-state index in [0.29, 0.717) is 54.2 Å². The minimum atomic E-state index is -0.558. The van der Waals surface area contributed by atoms with Gasteiger partial charge in [0.2, 0.25) is 5.91 Å². The largest absolute Gasteiger partial charge is 0.339 e. The first-order valence-electron chi connectivity index (χ1n) is 13.7. The molecule has 13 heteroatoms. The van der Waals surface area contributed by atoms with Crippen LogP contribution in [0.5, 0.6) is 0 Å². The molecule has 1 aliphatic rings. The molecule has 222 valence electrons. The summed E-state index contributed by atoms with van der Waals surface area (Å²) < 4.78 is 1.98. The number of para-hydroxylation sites is 1. The zero-order chi connectivity index (χ0) is 30.5. The van der Waals surface area contributed by atoms with Crippen molar-refractivity contribution in [2.75, 3.05) is 25.4 Å². The zero-order valence-corrected chi connectivity index (χ0v) is 25.6. The van der Waals surface area contributed by atoms with Crippen LogP contribution in [0.3, 0.4) is 0 Å². The van der Waals surface area contributed by atoms with Crippen molar-refractivity contribution >= 4 is 52.5 Å². The van der Waals surface area contributed by atoms with Crippen LogP contribution < -0.4 is 0 Å². The molecule has 1 atom stereocenters. The molecule has 43 heavy (non-hydrogen) atoms. The van der Waals surface area contributed by atoms with Crippen molar-refractivity contribution in [2.45, 2.75) is 31.0 Å². The summed E-state index contributed by atoms with van der Waals surface area (Å²) in [6.07, 6.45) is 0.997. The Morgan fingerprint density at radius 1 is 1.00 bits per heavy atom. The molecule has 10 nitrogen and oxygen atoms in total. The van der Waals surface area contributed by atoms with E-state index in [-0.39, 0.29) is 34.1 Å². The van der Waals surface area contributed by atoms with Crippen LogP contribution in [-0.4, -0.2) is 72.7 Å². The van der Waals surface area contributed by atoms with Gasteiger partial charge in [-0.25, -0.2) is 0 Å². The van der Waals surface area contributed by atoms with Crippen LogP contribution in [0.1, 0.15) is 30.1 Å². The first-order chi connectivity index (χ1) is 20.7. The molecule has 0 N–H and O–H groups in total. The molecule has 2 heterocycles. The fourth-order valence-electron chi connectivity index (χ4n) is 4.97. The molecule has 4 aromatic rings. The first-order valence-corrected chi connectivity index (χ1v) is 15.4. The SMILES string of the molecule is CC1CN(C(=O)CCCSc2nnc(-c3ccccc3Cl)n2-c2ccccc2)CCN1C(=O)c1ccc([N+](=O)[O-])cc1Cl. The second-order valence-electron chi connectivity index (χ2n) is 10.0. The molecular weight excluding hydrogens is 611 g/mol. The number of carbonyl (C=O) groups excluding carboxylic acids is 2. The number of aromatic nitrogens is 3. The predicted molar refractivity (Wildman–Crippen MR) is 167 cm³/mol. The molecule has 0 bridgehead atoms. The van der Waals surface area contributed by atoms with Gasteiger partial charge in [-0.2, -0.15) is 0 Å². The molecule has 3 aromatic carbocycles. The normalized spacial score (nSPS) is 15.0. The monoisotopic (exact) mass is 638 g/mol. The maximum absolute atomic E-state index is 13.1. The highest BCUT2D eigenvalue weighted by molar-refractivity contribution is 7.99. The van der Waals surface area contributed by atoms with Crippen LogP contribution in [0.2, 0.25) is 10.0 Å². The van der Waals surface area contributed by atoms with Crippen LogP contribution in [0.15, 0.2) is 78.0 Å². The lowest BCUT2D eigenvalue weighted by Crippen LogP contribution is -2.55. The fourth-order valence-corrected chi connectivity index (χ4v) is 6.33.